The van der Waals surface area contributed by atoms with E-state index >= 15 is 0 Å². The molecule has 40 valence electrons. The zero-order chi connectivity index (χ0) is 4.62. The van der Waals surface area contributed by atoms with Crippen molar-refractivity contribution in [3.8, 4) is 0 Å². The summed E-state index contributed by atoms with van der Waals surface area (Å²) in [4.78, 5) is 3.16. The smallest absolute Gasteiger partial charge is 0.284 e. The highest BCUT2D eigenvalue weighted by Crippen LogP contribution is 2.32. The summed E-state index contributed by atoms with van der Waals surface area (Å²) in [7, 11) is 0. The quantitative estimate of drug-likeness (QED) is 0.468. The molecule has 1 rings (SSSR count). The molecule has 2 nitrogen and oxygen atoms in total. The molecule has 0 unspecified atom stereocenters. The monoisotopic (exact) mass is 118 g/mol. The first kappa shape index (κ1) is 6.74. The van der Waals surface area contributed by atoms with Crippen LogP contribution < -0.4 is 5.73 Å². The van der Waals surface area contributed by atoms with Crippen LogP contribution in [-0.4, -0.2) is 5.66 Å². The molecule has 0 bridgehead atoms. The Bertz CT molecular complexity index is 101. The van der Waals surface area contributed by atoms with Gasteiger partial charge in [0.05, 0.1) is 0 Å². The fraction of sp³-hybridized carbons (Fsp3) is 0.750. The molecule has 0 amide bonds. The molecular weight excluding hydrogens is 112 g/mol. The van der Waals surface area contributed by atoms with Crippen molar-refractivity contribution < 1.29 is 0 Å². The molecule has 0 aromatic rings. The van der Waals surface area contributed by atoms with E-state index in [4.69, 9.17) is 12.3 Å². The Morgan fingerprint density at radius 1 is 1.57 bits per heavy atom. The van der Waals surface area contributed by atoms with Crippen molar-refractivity contribution in [2.24, 2.45) is 5.73 Å². The van der Waals surface area contributed by atoms with Crippen LogP contribution in [0.3, 0.4) is 0 Å². The molecule has 0 radical (unpaired) electrons. The van der Waals surface area contributed by atoms with Gasteiger partial charge in [0, 0.05) is 12.8 Å². The van der Waals surface area contributed by atoms with Gasteiger partial charge in [0.25, 0.3) is 5.66 Å². The van der Waals surface area contributed by atoms with Crippen molar-refractivity contribution in [2.45, 2.75) is 18.5 Å². The lowest BCUT2D eigenvalue weighted by molar-refractivity contribution is 0.850. The number of nitrogens with two attached hydrogens (primary N) is 1. The third-order valence-electron chi connectivity index (χ3n) is 0.985. The Kier molecular flexibility index (Phi) is 1.63. The minimum absolute atomic E-state index is 0. The van der Waals surface area contributed by atoms with E-state index in [0.717, 1.165) is 12.8 Å². The molecular formula is C4H7ClN2. The minimum Gasteiger partial charge on any atom is -0.293 e. The van der Waals surface area contributed by atoms with Crippen LogP contribution in [0.5, 0.6) is 0 Å². The van der Waals surface area contributed by atoms with Crippen molar-refractivity contribution >= 4 is 12.4 Å². The van der Waals surface area contributed by atoms with Gasteiger partial charge in [-0.15, -0.1) is 12.4 Å². The van der Waals surface area contributed by atoms with Gasteiger partial charge in [-0.2, -0.15) is 0 Å². The Labute approximate surface area is 48.9 Å². The van der Waals surface area contributed by atoms with Crippen LogP contribution in [0.15, 0.2) is 0 Å². The van der Waals surface area contributed by atoms with Crippen molar-refractivity contribution in [1.29, 1.82) is 0 Å². The lowest BCUT2D eigenvalue weighted by Crippen LogP contribution is -2.14. The van der Waals surface area contributed by atoms with Crippen molar-refractivity contribution in [3.63, 3.8) is 0 Å². The number of hydrogen-bond donors (Lipinski definition) is 1. The van der Waals surface area contributed by atoms with Gasteiger partial charge >= 0.3 is 0 Å². The lowest BCUT2D eigenvalue weighted by Gasteiger charge is -1.82. The fourth-order valence-corrected chi connectivity index (χ4v) is 0.240. The largest absolute Gasteiger partial charge is 0.293 e. The second kappa shape index (κ2) is 1.69. The normalized spacial score (nSPS) is 21.7. The molecule has 0 spiro atoms. The van der Waals surface area contributed by atoms with E-state index in [9.17, 15) is 0 Å². The summed E-state index contributed by atoms with van der Waals surface area (Å²) in [6, 6.07) is 0. The summed E-state index contributed by atoms with van der Waals surface area (Å²) in [6.45, 7) is 6.42. The predicted octanol–water partition coefficient (Wildman–Crippen LogP) is 0.776. The molecule has 0 aromatic heterocycles. The van der Waals surface area contributed by atoms with Crippen molar-refractivity contribution in [2.75, 3.05) is 0 Å². The Morgan fingerprint density at radius 2 is 2.00 bits per heavy atom. The third-order valence-corrected chi connectivity index (χ3v) is 0.985. The summed E-state index contributed by atoms with van der Waals surface area (Å²) in [5, 5.41) is 0. The molecule has 0 aromatic carbocycles. The molecule has 7 heavy (non-hydrogen) atoms. The van der Waals surface area contributed by atoms with Crippen LogP contribution in [0.4, 0.5) is 0 Å². The SMILES string of the molecule is Cl.[C-]#[N+]C1(N)CC1. The van der Waals surface area contributed by atoms with Gasteiger partial charge in [-0.3, -0.25) is 10.6 Å². The zero-order valence-corrected chi connectivity index (χ0v) is 4.66. The first-order valence-corrected chi connectivity index (χ1v) is 1.94. The highest BCUT2D eigenvalue weighted by Gasteiger charge is 2.46. The second-order valence-corrected chi connectivity index (χ2v) is 1.72. The Balaban J connectivity index is 0.000000360. The summed E-state index contributed by atoms with van der Waals surface area (Å²) < 4.78 is 0. The molecule has 2 N–H and O–H groups in total. The van der Waals surface area contributed by atoms with Gasteiger partial charge in [0.15, 0.2) is 0 Å². The molecule has 0 saturated heterocycles. The molecule has 3 heteroatoms. The molecule has 1 aliphatic carbocycles. The number of hydrogen-bond acceptors (Lipinski definition) is 1. The van der Waals surface area contributed by atoms with E-state index in [1.54, 1.807) is 0 Å². The highest BCUT2D eigenvalue weighted by atomic mass is 35.5. The molecule has 1 saturated carbocycles. The third kappa shape index (κ3) is 1.34. The van der Waals surface area contributed by atoms with E-state index in [1.807, 2.05) is 0 Å². The summed E-state index contributed by atoms with van der Waals surface area (Å²) in [5.41, 5.74) is 4.87. The maximum atomic E-state index is 6.42. The van der Waals surface area contributed by atoms with E-state index in [1.165, 1.54) is 0 Å². The Hall–Kier alpha value is -0.260. The van der Waals surface area contributed by atoms with Gasteiger partial charge in [0.1, 0.15) is 0 Å². The second-order valence-electron chi connectivity index (χ2n) is 1.72. The van der Waals surface area contributed by atoms with Gasteiger partial charge in [0.2, 0.25) is 0 Å². The van der Waals surface area contributed by atoms with Crippen LogP contribution in [0, 0.1) is 6.57 Å². The maximum absolute atomic E-state index is 6.42. The van der Waals surface area contributed by atoms with Crippen LogP contribution in [0.25, 0.3) is 4.85 Å². The standard InChI is InChI=1S/C4H6N2.ClH/c1-6-4(5)2-3-4;/h2-3,5H2;1H. The van der Waals surface area contributed by atoms with Crippen molar-refractivity contribution in [3.05, 3.63) is 11.4 Å². The van der Waals surface area contributed by atoms with Gasteiger partial charge in [-0.25, -0.2) is 6.57 Å². The first-order valence-electron chi connectivity index (χ1n) is 1.94. The molecule has 0 atom stereocenters. The van der Waals surface area contributed by atoms with Crippen LogP contribution in [0.1, 0.15) is 12.8 Å². The van der Waals surface area contributed by atoms with Gasteiger partial charge in [-0.1, -0.05) is 0 Å². The molecule has 0 heterocycles. The highest BCUT2D eigenvalue weighted by molar-refractivity contribution is 5.85. The topological polar surface area (TPSA) is 30.4 Å². The van der Waals surface area contributed by atoms with E-state index in [-0.39, 0.29) is 12.4 Å². The van der Waals surface area contributed by atoms with Crippen LogP contribution in [0.2, 0.25) is 0 Å². The summed E-state index contributed by atoms with van der Waals surface area (Å²) in [5.74, 6) is 0. The Morgan fingerprint density at radius 3 is 2.00 bits per heavy atom. The van der Waals surface area contributed by atoms with Crippen LogP contribution in [-0.2, 0) is 0 Å². The van der Waals surface area contributed by atoms with Gasteiger partial charge < -0.3 is 0 Å². The average molecular weight is 119 g/mol. The van der Waals surface area contributed by atoms with E-state index in [2.05, 4.69) is 4.85 Å². The zero-order valence-electron chi connectivity index (χ0n) is 3.85. The summed E-state index contributed by atoms with van der Waals surface area (Å²) in [6.07, 6.45) is 1.80. The average Bonchev–Trinajstić information content (AvgIpc) is 2.22. The van der Waals surface area contributed by atoms with Crippen molar-refractivity contribution in [1.82, 2.24) is 0 Å². The molecule has 1 aliphatic rings. The number of rotatable bonds is 0. The minimum atomic E-state index is -0.417. The number of halogens is 1. The molecule has 1 fully saturated rings. The maximum Gasteiger partial charge on any atom is 0.284 e. The van der Waals surface area contributed by atoms with Crippen LogP contribution >= 0.6 is 12.4 Å². The molecule has 0 aliphatic heterocycles. The predicted molar refractivity (Wildman–Crippen MR) is 30.0 cm³/mol. The lowest BCUT2D eigenvalue weighted by atomic mass is 10.6. The van der Waals surface area contributed by atoms with Gasteiger partial charge in [-0.05, 0) is 0 Å². The fourth-order valence-electron chi connectivity index (χ4n) is 0.240. The summed E-state index contributed by atoms with van der Waals surface area (Å²) >= 11 is 0. The van der Waals surface area contributed by atoms with E-state index < -0.39 is 5.66 Å². The number of nitrogens with zero attached hydrogens (tertiary/aromatic N) is 1. The first-order chi connectivity index (χ1) is 2.77. The van der Waals surface area contributed by atoms with E-state index in [0.29, 0.717) is 0 Å².